The van der Waals surface area contributed by atoms with Crippen LogP contribution >= 0.6 is 0 Å². The number of hydrogen-bond donors (Lipinski definition) is 1. The number of carboxylic acids is 1. The molecule has 0 aromatic heterocycles. The van der Waals surface area contributed by atoms with E-state index in [0.29, 0.717) is 29.8 Å². The van der Waals surface area contributed by atoms with Crippen molar-refractivity contribution in [3.8, 4) is 17.2 Å². The Balaban J connectivity index is 2.46. The first-order chi connectivity index (χ1) is 10.1. The van der Waals surface area contributed by atoms with E-state index in [-0.39, 0.29) is 12.3 Å². The molecule has 1 aromatic carbocycles. The molecule has 0 aliphatic heterocycles. The van der Waals surface area contributed by atoms with Crippen molar-refractivity contribution in [3.05, 3.63) is 17.7 Å². The molecule has 1 fully saturated rings. The van der Waals surface area contributed by atoms with Crippen molar-refractivity contribution in [1.29, 1.82) is 0 Å². The zero-order chi connectivity index (χ0) is 15.4. The van der Waals surface area contributed by atoms with Crippen molar-refractivity contribution in [2.24, 2.45) is 5.92 Å². The molecule has 116 valence electrons. The lowest BCUT2D eigenvalue weighted by atomic mass is 9.90. The second-order valence-corrected chi connectivity index (χ2v) is 5.19. The Morgan fingerprint density at radius 2 is 2.00 bits per heavy atom. The topological polar surface area (TPSA) is 65.0 Å². The lowest BCUT2D eigenvalue weighted by molar-refractivity contribution is -0.137. The lowest BCUT2D eigenvalue weighted by Crippen LogP contribution is -2.11. The van der Waals surface area contributed by atoms with Gasteiger partial charge in [-0.15, -0.1) is 0 Å². The number of carboxylic acid groups (broad SMARTS) is 1. The molecule has 1 atom stereocenters. The normalized spacial score (nSPS) is 15.4. The molecule has 2 rings (SSSR count). The highest BCUT2D eigenvalue weighted by molar-refractivity contribution is 5.69. The van der Waals surface area contributed by atoms with Crippen LogP contribution in [-0.2, 0) is 4.79 Å². The minimum atomic E-state index is -0.788. The first-order valence-electron chi connectivity index (χ1n) is 7.21. The van der Waals surface area contributed by atoms with Gasteiger partial charge in [-0.1, -0.05) is 6.07 Å². The molecular weight excluding hydrogens is 272 g/mol. The van der Waals surface area contributed by atoms with E-state index in [1.54, 1.807) is 14.2 Å². The lowest BCUT2D eigenvalue weighted by Gasteiger charge is -2.22. The van der Waals surface area contributed by atoms with Gasteiger partial charge >= 0.3 is 5.97 Å². The van der Waals surface area contributed by atoms with Crippen LogP contribution in [0.25, 0.3) is 0 Å². The van der Waals surface area contributed by atoms with Gasteiger partial charge in [0.2, 0.25) is 5.75 Å². The summed E-state index contributed by atoms with van der Waals surface area (Å²) in [5, 5.41) is 9.17. The van der Waals surface area contributed by atoms with Gasteiger partial charge in [0.1, 0.15) is 0 Å². The molecule has 1 unspecified atom stereocenters. The first kappa shape index (κ1) is 15.5. The molecule has 21 heavy (non-hydrogen) atoms. The van der Waals surface area contributed by atoms with Gasteiger partial charge in [-0.05, 0) is 31.7 Å². The van der Waals surface area contributed by atoms with Gasteiger partial charge in [-0.25, -0.2) is 0 Å². The molecular formula is C16H22O5. The SMILES string of the molecule is CCOc1c(C(CC(=O)O)C2CC2)ccc(OC)c1OC. The molecule has 0 heterocycles. The fourth-order valence-corrected chi connectivity index (χ4v) is 2.72. The van der Waals surface area contributed by atoms with Crippen molar-refractivity contribution >= 4 is 5.97 Å². The third-order valence-electron chi connectivity index (χ3n) is 3.80. The van der Waals surface area contributed by atoms with E-state index in [1.165, 1.54) is 0 Å². The van der Waals surface area contributed by atoms with Crippen LogP contribution in [0.2, 0.25) is 0 Å². The second kappa shape index (κ2) is 6.70. The van der Waals surface area contributed by atoms with Crippen LogP contribution < -0.4 is 14.2 Å². The number of ether oxygens (including phenoxy) is 3. The van der Waals surface area contributed by atoms with E-state index in [9.17, 15) is 9.90 Å². The van der Waals surface area contributed by atoms with Gasteiger partial charge < -0.3 is 19.3 Å². The molecule has 0 amide bonds. The minimum Gasteiger partial charge on any atom is -0.493 e. The van der Waals surface area contributed by atoms with Gasteiger partial charge in [0.25, 0.3) is 0 Å². The maximum Gasteiger partial charge on any atom is 0.303 e. The number of carbonyl (C=O) groups is 1. The van der Waals surface area contributed by atoms with Gasteiger partial charge in [0, 0.05) is 11.5 Å². The van der Waals surface area contributed by atoms with Crippen LogP contribution in [-0.4, -0.2) is 31.9 Å². The summed E-state index contributed by atoms with van der Waals surface area (Å²) in [4.78, 5) is 11.2. The predicted molar refractivity (Wildman–Crippen MR) is 78.4 cm³/mol. The van der Waals surface area contributed by atoms with Crippen molar-refractivity contribution in [3.63, 3.8) is 0 Å². The highest BCUT2D eigenvalue weighted by Gasteiger charge is 2.36. The van der Waals surface area contributed by atoms with E-state index in [2.05, 4.69) is 0 Å². The highest BCUT2D eigenvalue weighted by atomic mass is 16.5. The molecule has 1 saturated carbocycles. The van der Waals surface area contributed by atoms with Gasteiger partial charge in [0.05, 0.1) is 27.2 Å². The number of benzene rings is 1. The molecule has 1 aliphatic carbocycles. The van der Waals surface area contributed by atoms with E-state index in [0.717, 1.165) is 18.4 Å². The average Bonchev–Trinajstić information content (AvgIpc) is 3.29. The molecule has 1 aromatic rings. The molecule has 5 nitrogen and oxygen atoms in total. The van der Waals surface area contributed by atoms with E-state index >= 15 is 0 Å². The summed E-state index contributed by atoms with van der Waals surface area (Å²) < 4.78 is 16.5. The number of rotatable bonds is 8. The third kappa shape index (κ3) is 3.40. The summed E-state index contributed by atoms with van der Waals surface area (Å²) in [6, 6.07) is 3.71. The number of aliphatic carboxylic acids is 1. The fraction of sp³-hybridized carbons (Fsp3) is 0.562. The Bertz CT molecular complexity index is 508. The van der Waals surface area contributed by atoms with Crippen LogP contribution in [0.5, 0.6) is 17.2 Å². The summed E-state index contributed by atoms with van der Waals surface area (Å²) in [5.74, 6) is 1.33. The van der Waals surface area contributed by atoms with Crippen molar-refractivity contribution in [2.45, 2.75) is 32.1 Å². The van der Waals surface area contributed by atoms with Gasteiger partial charge in [-0.3, -0.25) is 4.79 Å². The zero-order valence-corrected chi connectivity index (χ0v) is 12.7. The summed E-state index contributed by atoms with van der Waals surface area (Å²) in [5.41, 5.74) is 0.902. The maximum absolute atomic E-state index is 11.2. The predicted octanol–water partition coefficient (Wildman–Crippen LogP) is 3.07. The van der Waals surface area contributed by atoms with Crippen LogP contribution in [0.3, 0.4) is 0 Å². The molecule has 0 saturated heterocycles. The third-order valence-corrected chi connectivity index (χ3v) is 3.80. The summed E-state index contributed by atoms with van der Waals surface area (Å²) in [6.45, 7) is 2.38. The largest absolute Gasteiger partial charge is 0.493 e. The standard InChI is InChI=1S/C16H22O5/c1-4-21-15-11(7-8-13(19-2)16(15)20-3)12(9-14(17)18)10-5-6-10/h7-8,10,12H,4-6,9H2,1-3H3,(H,17,18). The van der Waals surface area contributed by atoms with Gasteiger partial charge in [-0.2, -0.15) is 0 Å². The fourth-order valence-electron chi connectivity index (χ4n) is 2.72. The highest BCUT2D eigenvalue weighted by Crippen LogP contribution is 2.51. The molecule has 0 bridgehead atoms. The number of methoxy groups -OCH3 is 2. The Labute approximate surface area is 124 Å². The van der Waals surface area contributed by atoms with Crippen molar-refractivity contribution in [1.82, 2.24) is 0 Å². The first-order valence-corrected chi connectivity index (χ1v) is 7.21. The van der Waals surface area contributed by atoms with E-state index in [1.807, 2.05) is 19.1 Å². The van der Waals surface area contributed by atoms with Gasteiger partial charge in [0.15, 0.2) is 11.5 Å². The summed E-state index contributed by atoms with van der Waals surface area (Å²) in [6.07, 6.45) is 2.25. The van der Waals surface area contributed by atoms with Crippen LogP contribution in [0.15, 0.2) is 12.1 Å². The Kier molecular flexibility index (Phi) is 4.94. The molecule has 1 aliphatic rings. The smallest absolute Gasteiger partial charge is 0.303 e. The quantitative estimate of drug-likeness (QED) is 0.798. The number of hydrogen-bond acceptors (Lipinski definition) is 4. The molecule has 1 N–H and O–H groups in total. The average molecular weight is 294 g/mol. The van der Waals surface area contributed by atoms with Crippen LogP contribution in [0, 0.1) is 5.92 Å². The minimum absolute atomic E-state index is 0.0381. The van der Waals surface area contributed by atoms with Crippen LogP contribution in [0.4, 0.5) is 0 Å². The Morgan fingerprint density at radius 1 is 1.29 bits per heavy atom. The second-order valence-electron chi connectivity index (χ2n) is 5.19. The summed E-state index contributed by atoms with van der Waals surface area (Å²) in [7, 11) is 3.14. The molecule has 5 heteroatoms. The van der Waals surface area contributed by atoms with Crippen molar-refractivity contribution < 1.29 is 24.1 Å². The molecule has 0 spiro atoms. The Morgan fingerprint density at radius 3 is 2.48 bits per heavy atom. The summed E-state index contributed by atoms with van der Waals surface area (Å²) >= 11 is 0. The monoisotopic (exact) mass is 294 g/mol. The van der Waals surface area contributed by atoms with E-state index < -0.39 is 5.97 Å². The van der Waals surface area contributed by atoms with Crippen molar-refractivity contribution in [2.75, 3.05) is 20.8 Å². The Hall–Kier alpha value is -1.91. The zero-order valence-electron chi connectivity index (χ0n) is 12.7. The molecule has 0 radical (unpaired) electrons. The maximum atomic E-state index is 11.2. The van der Waals surface area contributed by atoms with Crippen LogP contribution in [0.1, 0.15) is 37.7 Å². The van der Waals surface area contributed by atoms with E-state index in [4.69, 9.17) is 14.2 Å².